The lowest BCUT2D eigenvalue weighted by molar-refractivity contribution is -0.143. The summed E-state index contributed by atoms with van der Waals surface area (Å²) in [5.74, 6) is 0.343. The van der Waals surface area contributed by atoms with Gasteiger partial charge in [-0.3, -0.25) is 0 Å². The van der Waals surface area contributed by atoms with Crippen molar-refractivity contribution in [1.82, 2.24) is 5.32 Å². The molecule has 0 aliphatic rings. The van der Waals surface area contributed by atoms with Gasteiger partial charge in [0.1, 0.15) is 11.5 Å². The molecule has 0 bridgehead atoms. The fraction of sp³-hybridized carbons (Fsp3) is 0.250. The first-order chi connectivity index (χ1) is 10.6. The lowest BCUT2D eigenvalue weighted by Crippen LogP contribution is -2.34. The molecule has 1 aromatic carbocycles. The molecule has 0 fully saturated rings. The maximum absolute atomic E-state index is 11.8. The van der Waals surface area contributed by atoms with E-state index in [0.29, 0.717) is 17.9 Å². The smallest absolute Gasteiger partial charge is 0.407 e. The molecule has 6 heteroatoms. The normalized spacial score (nSPS) is 11.5. The van der Waals surface area contributed by atoms with Crippen LogP contribution in [0.4, 0.5) is 4.79 Å². The number of furan rings is 1. The lowest BCUT2D eigenvalue weighted by Gasteiger charge is -2.13. The predicted molar refractivity (Wildman–Crippen MR) is 78.3 cm³/mol. The van der Waals surface area contributed by atoms with Gasteiger partial charge in [-0.1, -0.05) is 30.3 Å². The number of alkyl carbamates (subject to hydrolysis) is 1. The zero-order chi connectivity index (χ0) is 15.9. The number of hydrogen-bond acceptors (Lipinski definition) is 5. The molecule has 0 aliphatic heterocycles. The SMILES string of the molecule is COC(=O)N[C@@H](C(=O)OC)c1ccc(Cc2ccccc2)o1. The number of esters is 1. The van der Waals surface area contributed by atoms with E-state index in [1.807, 2.05) is 30.3 Å². The van der Waals surface area contributed by atoms with Crippen LogP contribution in [0.3, 0.4) is 0 Å². The van der Waals surface area contributed by atoms with Crippen LogP contribution in [0.5, 0.6) is 0 Å². The van der Waals surface area contributed by atoms with Crippen molar-refractivity contribution < 1.29 is 23.5 Å². The molecule has 6 nitrogen and oxygen atoms in total. The average Bonchev–Trinajstić information content (AvgIpc) is 3.00. The average molecular weight is 303 g/mol. The molecule has 0 unspecified atom stereocenters. The number of carbonyl (C=O) groups is 2. The van der Waals surface area contributed by atoms with E-state index in [4.69, 9.17) is 4.42 Å². The Morgan fingerprint density at radius 3 is 2.45 bits per heavy atom. The maximum atomic E-state index is 11.8. The molecular formula is C16H17NO5. The molecule has 0 aliphatic carbocycles. The second kappa shape index (κ2) is 7.31. The van der Waals surface area contributed by atoms with Crippen molar-refractivity contribution in [3.63, 3.8) is 0 Å². The molecule has 1 atom stereocenters. The third-order valence-electron chi connectivity index (χ3n) is 3.07. The third kappa shape index (κ3) is 3.88. The van der Waals surface area contributed by atoms with E-state index in [2.05, 4.69) is 14.8 Å². The predicted octanol–water partition coefficient (Wildman–Crippen LogP) is 2.44. The van der Waals surface area contributed by atoms with Crippen LogP contribution in [0.15, 0.2) is 46.9 Å². The van der Waals surface area contributed by atoms with Crippen LogP contribution >= 0.6 is 0 Å². The van der Waals surface area contributed by atoms with Crippen molar-refractivity contribution in [3.05, 3.63) is 59.5 Å². The minimum Gasteiger partial charge on any atom is -0.467 e. The van der Waals surface area contributed by atoms with Crippen molar-refractivity contribution in [2.75, 3.05) is 14.2 Å². The van der Waals surface area contributed by atoms with E-state index in [-0.39, 0.29) is 0 Å². The maximum Gasteiger partial charge on any atom is 0.407 e. The van der Waals surface area contributed by atoms with E-state index < -0.39 is 18.1 Å². The molecule has 0 spiro atoms. The number of methoxy groups -OCH3 is 2. The second-order valence-corrected chi connectivity index (χ2v) is 4.56. The highest BCUT2D eigenvalue weighted by molar-refractivity contribution is 5.81. The number of benzene rings is 1. The molecule has 0 saturated carbocycles. The van der Waals surface area contributed by atoms with Gasteiger partial charge in [-0.05, 0) is 17.7 Å². The Balaban J connectivity index is 2.15. The van der Waals surface area contributed by atoms with E-state index in [1.54, 1.807) is 12.1 Å². The van der Waals surface area contributed by atoms with Gasteiger partial charge in [-0.2, -0.15) is 0 Å². The number of amides is 1. The number of nitrogens with one attached hydrogen (secondary N) is 1. The second-order valence-electron chi connectivity index (χ2n) is 4.56. The standard InChI is InChI=1S/C16H17NO5/c1-20-15(18)14(17-16(19)21-2)13-9-8-12(22-13)10-11-6-4-3-5-7-11/h3-9,14H,10H2,1-2H3,(H,17,19)/t14-/m1/s1. The molecule has 0 radical (unpaired) electrons. The highest BCUT2D eigenvalue weighted by Gasteiger charge is 2.27. The molecule has 1 amide bonds. The Hall–Kier alpha value is -2.76. The Bertz CT molecular complexity index is 635. The topological polar surface area (TPSA) is 77.8 Å². The van der Waals surface area contributed by atoms with Gasteiger partial charge >= 0.3 is 12.1 Å². The Kier molecular flexibility index (Phi) is 5.19. The summed E-state index contributed by atoms with van der Waals surface area (Å²) in [5.41, 5.74) is 1.08. The highest BCUT2D eigenvalue weighted by atomic mass is 16.5. The summed E-state index contributed by atoms with van der Waals surface area (Å²) in [6, 6.07) is 12.1. The molecule has 0 saturated heterocycles. The van der Waals surface area contributed by atoms with Crippen LogP contribution in [0.2, 0.25) is 0 Å². The zero-order valence-corrected chi connectivity index (χ0v) is 12.4. The van der Waals surface area contributed by atoms with E-state index in [9.17, 15) is 9.59 Å². The molecular weight excluding hydrogens is 286 g/mol. The Morgan fingerprint density at radius 2 is 1.82 bits per heavy atom. The zero-order valence-electron chi connectivity index (χ0n) is 12.4. The van der Waals surface area contributed by atoms with Gasteiger partial charge in [0, 0.05) is 6.42 Å². The first-order valence-corrected chi connectivity index (χ1v) is 6.69. The molecule has 1 aromatic heterocycles. The monoisotopic (exact) mass is 303 g/mol. The number of rotatable bonds is 5. The van der Waals surface area contributed by atoms with Crippen LogP contribution in [0.25, 0.3) is 0 Å². The van der Waals surface area contributed by atoms with E-state index >= 15 is 0 Å². The lowest BCUT2D eigenvalue weighted by atomic mass is 10.1. The van der Waals surface area contributed by atoms with Crippen molar-refractivity contribution in [2.24, 2.45) is 0 Å². The first kappa shape index (κ1) is 15.6. The number of carbonyl (C=O) groups excluding carboxylic acids is 2. The van der Waals surface area contributed by atoms with E-state index in [0.717, 1.165) is 5.56 Å². The number of hydrogen-bond donors (Lipinski definition) is 1. The molecule has 116 valence electrons. The largest absolute Gasteiger partial charge is 0.467 e. The molecule has 1 N–H and O–H groups in total. The van der Waals surface area contributed by atoms with Gasteiger partial charge in [0.15, 0.2) is 6.04 Å². The van der Waals surface area contributed by atoms with Crippen molar-refractivity contribution in [1.29, 1.82) is 0 Å². The van der Waals surface area contributed by atoms with Crippen LogP contribution in [-0.4, -0.2) is 26.3 Å². The summed E-state index contributed by atoms with van der Waals surface area (Å²) in [5, 5.41) is 2.38. The summed E-state index contributed by atoms with van der Waals surface area (Å²) in [6.45, 7) is 0. The minimum atomic E-state index is -1.04. The summed E-state index contributed by atoms with van der Waals surface area (Å²) in [4.78, 5) is 23.1. The van der Waals surface area contributed by atoms with Gasteiger partial charge < -0.3 is 19.2 Å². The molecule has 2 aromatic rings. The summed E-state index contributed by atoms with van der Waals surface area (Å²) >= 11 is 0. The number of ether oxygens (including phenoxy) is 2. The fourth-order valence-electron chi connectivity index (χ4n) is 1.98. The highest BCUT2D eigenvalue weighted by Crippen LogP contribution is 2.20. The van der Waals surface area contributed by atoms with Gasteiger partial charge in [0.25, 0.3) is 0 Å². The fourth-order valence-corrected chi connectivity index (χ4v) is 1.98. The van der Waals surface area contributed by atoms with Crippen LogP contribution in [0, 0.1) is 0 Å². The van der Waals surface area contributed by atoms with E-state index in [1.165, 1.54) is 14.2 Å². The minimum absolute atomic E-state index is 0.295. The van der Waals surface area contributed by atoms with Crippen molar-refractivity contribution in [2.45, 2.75) is 12.5 Å². The van der Waals surface area contributed by atoms with Gasteiger partial charge in [-0.25, -0.2) is 9.59 Å². The summed E-state index contributed by atoms with van der Waals surface area (Å²) < 4.78 is 14.8. The van der Waals surface area contributed by atoms with Gasteiger partial charge in [-0.15, -0.1) is 0 Å². The van der Waals surface area contributed by atoms with Crippen LogP contribution in [0.1, 0.15) is 23.1 Å². The van der Waals surface area contributed by atoms with Crippen molar-refractivity contribution in [3.8, 4) is 0 Å². The summed E-state index contributed by atoms with van der Waals surface area (Å²) in [6.07, 6.45) is -0.149. The Morgan fingerprint density at radius 1 is 1.09 bits per heavy atom. The first-order valence-electron chi connectivity index (χ1n) is 6.69. The van der Waals surface area contributed by atoms with Gasteiger partial charge in [0.05, 0.1) is 14.2 Å². The van der Waals surface area contributed by atoms with Crippen LogP contribution in [-0.2, 0) is 20.7 Å². The molecule has 2 rings (SSSR count). The molecule has 1 heterocycles. The van der Waals surface area contributed by atoms with Gasteiger partial charge in [0.2, 0.25) is 0 Å². The summed E-state index contributed by atoms with van der Waals surface area (Å²) in [7, 11) is 2.45. The quantitative estimate of drug-likeness (QED) is 0.858. The van der Waals surface area contributed by atoms with Crippen molar-refractivity contribution >= 4 is 12.1 Å². The third-order valence-corrected chi connectivity index (χ3v) is 3.07. The van der Waals surface area contributed by atoms with Crippen LogP contribution < -0.4 is 5.32 Å². The molecule has 22 heavy (non-hydrogen) atoms. The Labute approximate surface area is 128 Å².